The molecular weight excluding hydrogens is 364 g/mol. The molecule has 0 aromatic heterocycles. The smallest absolute Gasteiger partial charge is 0.269 e. The maximum Gasteiger partial charge on any atom is 0.269 e. The van der Waals surface area contributed by atoms with Gasteiger partial charge in [-0.25, -0.2) is 0 Å². The molecule has 2 N–H and O–H groups in total. The molecule has 2 aromatic carbocycles. The molecule has 9 nitrogen and oxygen atoms in total. The summed E-state index contributed by atoms with van der Waals surface area (Å²) in [5, 5.41) is 28.3. The number of nitrogens with zero attached hydrogens (tertiary/aromatic N) is 2. The SMILES string of the molecule is CC(=O)C1=C(C)NC(c2ccc([N+](=O)[O-])cc2)NC1c1ccc([N+](=O)[O-])cc1. The van der Waals surface area contributed by atoms with Crippen molar-refractivity contribution in [3.8, 4) is 0 Å². The highest BCUT2D eigenvalue weighted by Crippen LogP contribution is 2.33. The van der Waals surface area contributed by atoms with Crippen molar-refractivity contribution in [1.29, 1.82) is 0 Å². The van der Waals surface area contributed by atoms with Crippen molar-refractivity contribution in [3.63, 3.8) is 0 Å². The molecule has 0 fully saturated rings. The first-order valence-electron chi connectivity index (χ1n) is 8.51. The summed E-state index contributed by atoms with van der Waals surface area (Å²) in [6, 6.07) is 11.7. The van der Waals surface area contributed by atoms with Crippen molar-refractivity contribution in [1.82, 2.24) is 10.6 Å². The van der Waals surface area contributed by atoms with Crippen LogP contribution in [-0.4, -0.2) is 15.6 Å². The first-order chi connectivity index (χ1) is 13.3. The van der Waals surface area contributed by atoms with Crippen molar-refractivity contribution in [2.45, 2.75) is 26.1 Å². The van der Waals surface area contributed by atoms with Crippen LogP contribution in [0.25, 0.3) is 0 Å². The van der Waals surface area contributed by atoms with Crippen molar-refractivity contribution >= 4 is 17.2 Å². The van der Waals surface area contributed by atoms with Crippen LogP contribution in [0.1, 0.15) is 37.2 Å². The highest BCUT2D eigenvalue weighted by molar-refractivity contribution is 5.95. The van der Waals surface area contributed by atoms with Crippen molar-refractivity contribution in [3.05, 3.63) is 91.2 Å². The molecule has 2 aromatic rings. The van der Waals surface area contributed by atoms with Gasteiger partial charge in [0.25, 0.3) is 11.4 Å². The van der Waals surface area contributed by atoms with E-state index < -0.39 is 15.9 Å². The van der Waals surface area contributed by atoms with E-state index in [1.54, 1.807) is 31.2 Å². The molecule has 1 aliphatic heterocycles. The van der Waals surface area contributed by atoms with Crippen molar-refractivity contribution in [2.24, 2.45) is 0 Å². The van der Waals surface area contributed by atoms with Gasteiger partial charge in [-0.1, -0.05) is 12.1 Å². The van der Waals surface area contributed by atoms with E-state index in [1.807, 2.05) is 0 Å². The van der Waals surface area contributed by atoms with Gasteiger partial charge >= 0.3 is 0 Å². The molecule has 144 valence electrons. The fraction of sp³-hybridized carbons (Fsp3) is 0.211. The average molecular weight is 382 g/mol. The second-order valence-corrected chi connectivity index (χ2v) is 6.47. The number of nitrogens with one attached hydrogen (secondary N) is 2. The van der Waals surface area contributed by atoms with Gasteiger partial charge in [0, 0.05) is 35.5 Å². The summed E-state index contributed by atoms with van der Waals surface area (Å²) in [4.78, 5) is 33.0. The number of nitro benzene ring substituents is 2. The van der Waals surface area contributed by atoms with Gasteiger partial charge in [0.15, 0.2) is 5.78 Å². The zero-order valence-electron chi connectivity index (χ0n) is 15.2. The molecule has 9 heteroatoms. The quantitative estimate of drug-likeness (QED) is 0.600. The number of allylic oxidation sites excluding steroid dienone is 1. The highest BCUT2D eigenvalue weighted by Gasteiger charge is 2.31. The van der Waals surface area contributed by atoms with E-state index in [0.29, 0.717) is 16.8 Å². The van der Waals surface area contributed by atoms with E-state index in [4.69, 9.17) is 0 Å². The molecule has 0 radical (unpaired) electrons. The van der Waals surface area contributed by atoms with Crippen LogP contribution in [0.15, 0.2) is 59.8 Å². The minimum atomic E-state index is -0.480. The summed E-state index contributed by atoms with van der Waals surface area (Å²) >= 11 is 0. The van der Waals surface area contributed by atoms with E-state index >= 15 is 0 Å². The van der Waals surface area contributed by atoms with Gasteiger partial charge in [0.2, 0.25) is 0 Å². The number of ketones is 1. The van der Waals surface area contributed by atoms with Crippen LogP contribution in [0.3, 0.4) is 0 Å². The molecule has 2 unspecified atom stereocenters. The molecule has 28 heavy (non-hydrogen) atoms. The highest BCUT2D eigenvalue weighted by atomic mass is 16.6. The largest absolute Gasteiger partial charge is 0.369 e. The van der Waals surface area contributed by atoms with Crippen LogP contribution >= 0.6 is 0 Å². The minimum absolute atomic E-state index is 0.0110. The lowest BCUT2D eigenvalue weighted by Crippen LogP contribution is -2.43. The van der Waals surface area contributed by atoms with E-state index in [0.717, 1.165) is 5.56 Å². The first kappa shape index (κ1) is 19.2. The average Bonchev–Trinajstić information content (AvgIpc) is 2.67. The topological polar surface area (TPSA) is 127 Å². The maximum atomic E-state index is 12.2. The molecule has 2 atom stereocenters. The number of hydrogen-bond donors (Lipinski definition) is 2. The summed E-state index contributed by atoms with van der Waals surface area (Å²) in [5.74, 6) is -0.122. The Morgan fingerprint density at radius 2 is 1.36 bits per heavy atom. The molecular formula is C19H18N4O5. The molecule has 0 bridgehead atoms. The van der Waals surface area contributed by atoms with E-state index in [2.05, 4.69) is 10.6 Å². The second-order valence-electron chi connectivity index (χ2n) is 6.47. The van der Waals surface area contributed by atoms with E-state index in [1.165, 1.54) is 31.2 Å². The summed E-state index contributed by atoms with van der Waals surface area (Å²) in [6.07, 6.45) is -0.385. The van der Waals surface area contributed by atoms with Gasteiger partial charge in [0.05, 0.1) is 15.9 Å². The third-order valence-corrected chi connectivity index (χ3v) is 4.64. The number of non-ortho nitro benzene ring substituents is 2. The fourth-order valence-electron chi connectivity index (χ4n) is 3.29. The number of carbonyl (C=O) groups is 1. The molecule has 3 rings (SSSR count). The van der Waals surface area contributed by atoms with Gasteiger partial charge in [-0.3, -0.25) is 30.3 Å². The third kappa shape index (κ3) is 3.74. The monoisotopic (exact) mass is 382 g/mol. The number of carbonyl (C=O) groups excluding carboxylic acids is 1. The lowest BCUT2D eigenvalue weighted by Gasteiger charge is -2.35. The standard InChI is InChI=1S/C19H18N4O5/c1-11-17(12(2)24)18(13-3-7-15(8-4-13)22(25)26)21-19(20-11)14-5-9-16(10-6-14)23(27)28/h3-10,18-21H,1-2H3. The number of rotatable bonds is 5. The Morgan fingerprint density at radius 1 is 0.893 bits per heavy atom. The van der Waals surface area contributed by atoms with Gasteiger partial charge in [-0.15, -0.1) is 0 Å². The number of benzene rings is 2. The molecule has 1 aliphatic rings. The number of Topliss-reactive ketones (excluding diaryl/α,β-unsaturated/α-hetero) is 1. The first-order valence-corrected chi connectivity index (χ1v) is 8.51. The summed E-state index contributed by atoms with van der Waals surface area (Å²) in [5.41, 5.74) is 2.64. The molecule has 0 aliphatic carbocycles. The van der Waals surface area contributed by atoms with Gasteiger partial charge in [-0.05, 0) is 37.1 Å². The Bertz CT molecular complexity index is 967. The predicted molar refractivity (Wildman–Crippen MR) is 101 cm³/mol. The van der Waals surface area contributed by atoms with E-state index in [9.17, 15) is 25.0 Å². The number of nitro groups is 2. The van der Waals surface area contributed by atoms with Crippen LogP contribution in [0.4, 0.5) is 11.4 Å². The normalized spacial score (nSPS) is 19.1. The lowest BCUT2D eigenvalue weighted by molar-refractivity contribution is -0.385. The molecule has 0 spiro atoms. The summed E-state index contributed by atoms with van der Waals surface area (Å²) in [7, 11) is 0. The summed E-state index contributed by atoms with van der Waals surface area (Å²) < 4.78 is 0. The van der Waals surface area contributed by atoms with Crippen LogP contribution in [0.5, 0.6) is 0 Å². The van der Waals surface area contributed by atoms with Gasteiger partial charge in [0.1, 0.15) is 6.17 Å². The van der Waals surface area contributed by atoms with Crippen LogP contribution < -0.4 is 10.6 Å². The van der Waals surface area contributed by atoms with Crippen molar-refractivity contribution in [2.75, 3.05) is 0 Å². The molecule has 0 saturated heterocycles. The van der Waals surface area contributed by atoms with Crippen LogP contribution in [-0.2, 0) is 4.79 Å². The predicted octanol–water partition coefficient (Wildman–Crippen LogP) is 3.30. The third-order valence-electron chi connectivity index (χ3n) is 4.64. The fourth-order valence-corrected chi connectivity index (χ4v) is 3.29. The maximum absolute atomic E-state index is 12.2. The zero-order valence-corrected chi connectivity index (χ0v) is 15.2. The Labute approximate surface area is 160 Å². The molecule has 1 heterocycles. The Hall–Kier alpha value is -3.59. The van der Waals surface area contributed by atoms with Gasteiger partial charge in [-0.2, -0.15) is 0 Å². The Balaban J connectivity index is 1.97. The van der Waals surface area contributed by atoms with Crippen LogP contribution in [0, 0.1) is 20.2 Å². The van der Waals surface area contributed by atoms with Gasteiger partial charge < -0.3 is 5.32 Å². The number of hydrogen-bond acceptors (Lipinski definition) is 7. The minimum Gasteiger partial charge on any atom is -0.369 e. The summed E-state index contributed by atoms with van der Waals surface area (Å²) in [6.45, 7) is 3.25. The Kier molecular flexibility index (Phi) is 5.18. The molecule has 0 amide bonds. The zero-order chi connectivity index (χ0) is 20.4. The van der Waals surface area contributed by atoms with Crippen LogP contribution in [0.2, 0.25) is 0 Å². The molecule has 0 saturated carbocycles. The lowest BCUT2D eigenvalue weighted by atomic mass is 9.91. The van der Waals surface area contributed by atoms with E-state index in [-0.39, 0.29) is 23.3 Å². The Morgan fingerprint density at radius 3 is 1.79 bits per heavy atom. The second kappa shape index (κ2) is 7.57. The van der Waals surface area contributed by atoms with Crippen molar-refractivity contribution < 1.29 is 14.6 Å².